The average molecular weight is 487 g/mol. The lowest BCUT2D eigenvalue weighted by atomic mass is 10.1. The maximum absolute atomic E-state index is 12.9. The van der Waals surface area contributed by atoms with E-state index in [1.807, 2.05) is 0 Å². The number of carbonyl (C=O) groups excluding carboxylic acids is 1. The fourth-order valence-electron chi connectivity index (χ4n) is 3.32. The number of hydrogen-bond donors (Lipinski definition) is 1. The Morgan fingerprint density at radius 1 is 0.914 bits per heavy atom. The van der Waals surface area contributed by atoms with E-state index in [1.54, 1.807) is 31.2 Å². The van der Waals surface area contributed by atoms with Crippen LogP contribution in [0.3, 0.4) is 0 Å². The molecule has 12 heteroatoms. The summed E-state index contributed by atoms with van der Waals surface area (Å²) < 4.78 is 59.2. The van der Waals surface area contributed by atoms with Crippen LogP contribution in [0.5, 0.6) is 11.5 Å². The van der Waals surface area contributed by atoms with Gasteiger partial charge in [-0.3, -0.25) is 14.8 Å². The Labute approximate surface area is 196 Å². The number of benzene rings is 2. The highest BCUT2D eigenvalue weighted by Gasteiger charge is 2.22. The molecule has 0 aliphatic heterocycles. The monoisotopic (exact) mass is 487 g/mol. The van der Waals surface area contributed by atoms with Crippen LogP contribution in [0.15, 0.2) is 61.1 Å². The fourth-order valence-corrected chi connectivity index (χ4v) is 3.32. The first kappa shape index (κ1) is 23.8. The highest BCUT2D eigenvalue weighted by molar-refractivity contribution is 5.95. The zero-order valence-electron chi connectivity index (χ0n) is 18.0. The molecule has 0 unspecified atom stereocenters. The van der Waals surface area contributed by atoms with E-state index in [4.69, 9.17) is 0 Å². The summed E-state index contributed by atoms with van der Waals surface area (Å²) >= 11 is 0. The summed E-state index contributed by atoms with van der Waals surface area (Å²) in [4.78, 5) is 30.5. The largest absolute Gasteiger partial charge is 0.435 e. The van der Waals surface area contributed by atoms with E-state index in [1.165, 1.54) is 18.6 Å². The van der Waals surface area contributed by atoms with Crippen molar-refractivity contribution in [2.45, 2.75) is 26.2 Å². The quantitative estimate of drug-likeness (QED) is 0.357. The minimum atomic E-state index is -3.23. The summed E-state index contributed by atoms with van der Waals surface area (Å²) in [7, 11) is 0. The van der Waals surface area contributed by atoms with E-state index < -0.39 is 36.7 Å². The summed E-state index contributed by atoms with van der Waals surface area (Å²) in [6, 6.07) is 9.16. The molecule has 1 N–H and O–H groups in total. The van der Waals surface area contributed by atoms with Gasteiger partial charge in [-0.05, 0) is 31.2 Å². The first-order chi connectivity index (χ1) is 16.8. The van der Waals surface area contributed by atoms with E-state index in [-0.39, 0.29) is 5.56 Å². The van der Waals surface area contributed by atoms with Gasteiger partial charge in [-0.15, -0.1) is 0 Å². The van der Waals surface area contributed by atoms with Crippen LogP contribution >= 0.6 is 0 Å². The molecule has 35 heavy (non-hydrogen) atoms. The molecule has 2 aromatic carbocycles. The van der Waals surface area contributed by atoms with Crippen molar-refractivity contribution in [3.63, 3.8) is 0 Å². The molecule has 2 aromatic heterocycles. The second kappa shape index (κ2) is 10.3. The van der Waals surface area contributed by atoms with Crippen LogP contribution < -0.4 is 14.8 Å². The fraction of sp³-hybridized carbons (Fsp3) is 0.174. The van der Waals surface area contributed by atoms with Gasteiger partial charge in [0.05, 0.1) is 29.0 Å². The first-order valence-electron chi connectivity index (χ1n) is 10.2. The number of carbonyl (C=O) groups is 1. The van der Waals surface area contributed by atoms with Crippen LogP contribution in [-0.2, 0) is 0 Å². The highest BCUT2D eigenvalue weighted by Crippen LogP contribution is 2.28. The molecule has 0 saturated carbocycles. The van der Waals surface area contributed by atoms with Gasteiger partial charge >= 0.3 is 13.2 Å². The van der Waals surface area contributed by atoms with E-state index in [0.717, 1.165) is 18.2 Å². The number of hydrogen-bond acceptors (Lipinski definition) is 7. The second-order valence-electron chi connectivity index (χ2n) is 7.18. The highest BCUT2D eigenvalue weighted by atomic mass is 19.3. The van der Waals surface area contributed by atoms with Crippen LogP contribution in [0.25, 0.3) is 22.4 Å². The van der Waals surface area contributed by atoms with Gasteiger partial charge in [0.1, 0.15) is 22.9 Å². The lowest BCUT2D eigenvalue weighted by Crippen LogP contribution is -2.28. The predicted octanol–water partition coefficient (Wildman–Crippen LogP) is 4.78. The van der Waals surface area contributed by atoms with E-state index in [2.05, 4.69) is 34.7 Å². The van der Waals surface area contributed by atoms with Crippen molar-refractivity contribution in [1.82, 2.24) is 25.3 Å². The normalized spacial score (nSPS) is 12.1. The Hall–Kier alpha value is -4.35. The number of halogens is 4. The van der Waals surface area contributed by atoms with Crippen molar-refractivity contribution in [3.05, 3.63) is 72.3 Å². The minimum absolute atomic E-state index is 0.236. The van der Waals surface area contributed by atoms with Crippen molar-refractivity contribution < 1.29 is 31.8 Å². The van der Waals surface area contributed by atoms with Crippen LogP contribution in [0.2, 0.25) is 0 Å². The Morgan fingerprint density at radius 3 is 2.11 bits per heavy atom. The van der Waals surface area contributed by atoms with Gasteiger partial charge in [0, 0.05) is 24.0 Å². The molecule has 4 rings (SSSR count). The number of alkyl halides is 4. The SMILES string of the molecule is C[C@H](NC(=O)c1cc(OC(F)F)cc(OC(F)F)c1)c1nc2ccccc2nc1-c1cnccn1. The van der Waals surface area contributed by atoms with Crippen molar-refractivity contribution in [2.75, 3.05) is 0 Å². The van der Waals surface area contributed by atoms with Crippen LogP contribution in [0, 0.1) is 0 Å². The van der Waals surface area contributed by atoms with E-state index >= 15 is 0 Å². The molecule has 0 saturated heterocycles. The van der Waals surface area contributed by atoms with Gasteiger partial charge in [-0.2, -0.15) is 17.6 Å². The minimum Gasteiger partial charge on any atom is -0.435 e. The lowest BCUT2D eigenvalue weighted by molar-refractivity contribution is -0.0543. The molecule has 1 amide bonds. The molecule has 0 spiro atoms. The van der Waals surface area contributed by atoms with Crippen molar-refractivity contribution in [1.29, 1.82) is 0 Å². The van der Waals surface area contributed by atoms with E-state index in [0.29, 0.717) is 28.1 Å². The number of aromatic nitrogens is 4. The predicted molar refractivity (Wildman–Crippen MR) is 116 cm³/mol. The Kier molecular flexibility index (Phi) is 6.99. The summed E-state index contributed by atoms with van der Waals surface area (Å²) in [5.41, 5.74) is 2.09. The second-order valence-corrected chi connectivity index (χ2v) is 7.18. The van der Waals surface area contributed by atoms with Gasteiger partial charge in [0.2, 0.25) is 0 Å². The Morgan fingerprint density at radius 2 is 1.54 bits per heavy atom. The molecule has 0 bridgehead atoms. The molecule has 0 radical (unpaired) electrons. The molecule has 0 fully saturated rings. The number of nitrogens with one attached hydrogen (secondary N) is 1. The molecule has 1 atom stereocenters. The average Bonchev–Trinajstić information content (AvgIpc) is 2.82. The first-order valence-corrected chi connectivity index (χ1v) is 10.2. The topological polar surface area (TPSA) is 99.1 Å². The third kappa shape index (κ3) is 5.78. The van der Waals surface area contributed by atoms with Crippen LogP contribution in [0.4, 0.5) is 17.6 Å². The van der Waals surface area contributed by atoms with Gasteiger partial charge in [-0.25, -0.2) is 9.97 Å². The Balaban J connectivity index is 1.69. The van der Waals surface area contributed by atoms with Crippen LogP contribution in [-0.4, -0.2) is 39.1 Å². The lowest BCUT2D eigenvalue weighted by Gasteiger charge is -2.18. The summed E-state index contributed by atoms with van der Waals surface area (Å²) in [5.74, 6) is -1.79. The maximum Gasteiger partial charge on any atom is 0.387 e. The zero-order valence-corrected chi connectivity index (χ0v) is 18.0. The number of para-hydroxylation sites is 2. The van der Waals surface area contributed by atoms with Crippen molar-refractivity contribution in [3.8, 4) is 22.9 Å². The van der Waals surface area contributed by atoms with Gasteiger partial charge in [0.25, 0.3) is 5.91 Å². The third-order valence-electron chi connectivity index (χ3n) is 4.75. The Bertz CT molecular complexity index is 1310. The standard InChI is InChI=1S/C23H17F4N5O3/c1-12(30-21(33)13-8-14(34-22(24)25)10-15(9-13)35-23(26)27)19-20(18-11-28-6-7-29-18)32-17-5-3-2-4-16(17)31-19/h2-12,22-23H,1H3,(H,30,33)/t12-/m0/s1. The number of fused-ring (bicyclic) bond motifs is 1. The van der Waals surface area contributed by atoms with Gasteiger partial charge in [-0.1, -0.05) is 12.1 Å². The van der Waals surface area contributed by atoms with Crippen LogP contribution in [0.1, 0.15) is 29.0 Å². The van der Waals surface area contributed by atoms with Crippen molar-refractivity contribution in [2.24, 2.45) is 0 Å². The molecule has 0 aliphatic rings. The molecular formula is C23H17F4N5O3. The van der Waals surface area contributed by atoms with Crippen molar-refractivity contribution >= 4 is 16.9 Å². The van der Waals surface area contributed by atoms with E-state index in [9.17, 15) is 22.4 Å². The zero-order chi connectivity index (χ0) is 24.9. The number of amides is 1. The molecule has 8 nitrogen and oxygen atoms in total. The molecule has 4 aromatic rings. The summed E-state index contributed by atoms with van der Waals surface area (Å²) in [6.45, 7) is -4.82. The molecular weight excluding hydrogens is 470 g/mol. The molecule has 0 aliphatic carbocycles. The smallest absolute Gasteiger partial charge is 0.387 e. The molecule has 180 valence electrons. The number of rotatable bonds is 8. The summed E-state index contributed by atoms with van der Waals surface area (Å²) in [6.07, 6.45) is 4.48. The number of ether oxygens (including phenoxy) is 2. The third-order valence-corrected chi connectivity index (χ3v) is 4.75. The van der Waals surface area contributed by atoms with Gasteiger partial charge < -0.3 is 14.8 Å². The van der Waals surface area contributed by atoms with Gasteiger partial charge in [0.15, 0.2) is 0 Å². The molecule has 2 heterocycles. The summed E-state index contributed by atoms with van der Waals surface area (Å²) in [5, 5.41) is 2.67. The number of nitrogens with zero attached hydrogens (tertiary/aromatic N) is 4. The maximum atomic E-state index is 12.9.